The van der Waals surface area contributed by atoms with Crippen LogP contribution in [0.2, 0.25) is 5.02 Å². The Labute approximate surface area is 204 Å². The molecule has 7 nitrogen and oxygen atoms in total. The van der Waals surface area contributed by atoms with E-state index in [0.717, 1.165) is 22.2 Å². The lowest BCUT2D eigenvalue weighted by Crippen LogP contribution is -2.38. The number of methoxy groups -OCH3 is 2. The van der Waals surface area contributed by atoms with E-state index in [1.807, 2.05) is 43.3 Å². The van der Waals surface area contributed by atoms with Gasteiger partial charge in [-0.05, 0) is 31.5 Å². The molecule has 1 unspecified atom stereocenters. The maximum absolute atomic E-state index is 6.36. The van der Waals surface area contributed by atoms with Gasteiger partial charge in [0.25, 0.3) is 0 Å². The van der Waals surface area contributed by atoms with Crippen molar-refractivity contribution >= 4 is 52.9 Å². The molecule has 0 aliphatic carbocycles. The third kappa shape index (κ3) is 7.14. The summed E-state index contributed by atoms with van der Waals surface area (Å²) in [5.41, 5.74) is 1.94. The van der Waals surface area contributed by atoms with Crippen molar-refractivity contribution in [2.45, 2.75) is 33.0 Å². The number of halogens is 2. The molecule has 1 aromatic carbocycles. The van der Waals surface area contributed by atoms with Crippen LogP contribution in [0.4, 0.5) is 0 Å². The van der Waals surface area contributed by atoms with Crippen LogP contribution in [-0.4, -0.2) is 50.8 Å². The topological polar surface area (TPSA) is 68.2 Å². The minimum atomic E-state index is -0.00381. The zero-order valence-corrected chi connectivity index (χ0v) is 22.1. The average molecular weight is 569 g/mol. The quantitative estimate of drug-likeness (QED) is 0.268. The Bertz CT molecular complexity index is 834. The van der Waals surface area contributed by atoms with Crippen LogP contribution in [0.5, 0.6) is 11.5 Å². The molecule has 2 rings (SSSR count). The van der Waals surface area contributed by atoms with Gasteiger partial charge in [-0.25, -0.2) is 4.98 Å². The predicted octanol–water partition coefficient (Wildman–Crippen LogP) is 4.74. The van der Waals surface area contributed by atoms with Crippen LogP contribution in [0.25, 0.3) is 0 Å². The number of hydrogen-bond acceptors (Lipinski definition) is 6. The highest BCUT2D eigenvalue weighted by Gasteiger charge is 2.14. The molecule has 30 heavy (non-hydrogen) atoms. The standard InChI is InChI=1S/C20H29ClN4O3S.HI/c1-7-28-18-16(21)8-14(9-17(18)27-6)10-23-20(22-3)25(4)11-15-12-29-19(24-15)13(2)26-5;/h8-9,12-13H,7,10-11H2,1-6H3,(H,22,23);1H. The first-order valence-electron chi connectivity index (χ1n) is 9.31. The van der Waals surface area contributed by atoms with E-state index >= 15 is 0 Å². The lowest BCUT2D eigenvalue weighted by Gasteiger charge is -2.21. The monoisotopic (exact) mass is 568 g/mol. The number of guanidine groups is 1. The van der Waals surface area contributed by atoms with Gasteiger partial charge in [-0.1, -0.05) is 11.6 Å². The molecule has 0 bridgehead atoms. The highest BCUT2D eigenvalue weighted by atomic mass is 127. The fraction of sp³-hybridized carbons (Fsp3) is 0.500. The van der Waals surface area contributed by atoms with Gasteiger partial charge in [0.15, 0.2) is 17.5 Å². The van der Waals surface area contributed by atoms with Gasteiger partial charge in [0.2, 0.25) is 0 Å². The summed E-state index contributed by atoms with van der Waals surface area (Å²) in [5, 5.41) is 6.89. The van der Waals surface area contributed by atoms with Crippen LogP contribution in [0.1, 0.15) is 36.2 Å². The Kier molecular flexibility index (Phi) is 11.7. The van der Waals surface area contributed by atoms with Crippen LogP contribution >= 0.6 is 46.9 Å². The molecule has 1 aromatic heterocycles. The first kappa shape index (κ1) is 26.7. The van der Waals surface area contributed by atoms with Crippen LogP contribution in [-0.2, 0) is 17.8 Å². The average Bonchev–Trinajstić information content (AvgIpc) is 3.18. The van der Waals surface area contributed by atoms with Crippen LogP contribution in [0.3, 0.4) is 0 Å². The zero-order valence-electron chi connectivity index (χ0n) is 18.2. The van der Waals surface area contributed by atoms with E-state index in [4.69, 9.17) is 25.8 Å². The second-order valence-corrected chi connectivity index (χ2v) is 7.65. The van der Waals surface area contributed by atoms with Crippen molar-refractivity contribution < 1.29 is 14.2 Å². The number of aliphatic imine (C=N–C) groups is 1. The molecule has 0 aliphatic heterocycles. The lowest BCUT2D eigenvalue weighted by atomic mass is 10.2. The van der Waals surface area contributed by atoms with E-state index in [-0.39, 0.29) is 30.1 Å². The van der Waals surface area contributed by atoms with E-state index in [1.54, 1.807) is 32.6 Å². The minimum Gasteiger partial charge on any atom is -0.493 e. The molecule has 0 aliphatic rings. The van der Waals surface area contributed by atoms with E-state index < -0.39 is 0 Å². The summed E-state index contributed by atoms with van der Waals surface area (Å²) in [5.74, 6) is 1.93. The molecule has 10 heteroatoms. The molecular weight excluding hydrogens is 539 g/mol. The number of rotatable bonds is 9. The maximum atomic E-state index is 6.36. The van der Waals surface area contributed by atoms with Crippen molar-refractivity contribution in [1.29, 1.82) is 0 Å². The highest BCUT2D eigenvalue weighted by molar-refractivity contribution is 14.0. The zero-order chi connectivity index (χ0) is 21.4. The predicted molar refractivity (Wildman–Crippen MR) is 134 cm³/mol. The molecule has 0 fully saturated rings. The summed E-state index contributed by atoms with van der Waals surface area (Å²) in [7, 11) is 7.01. The fourth-order valence-electron chi connectivity index (χ4n) is 2.73. The van der Waals surface area contributed by atoms with Gasteiger partial charge in [0, 0.05) is 33.1 Å². The molecule has 1 N–H and O–H groups in total. The molecule has 1 atom stereocenters. The molecule has 0 amide bonds. The van der Waals surface area contributed by atoms with Crippen molar-refractivity contribution in [3.8, 4) is 11.5 Å². The van der Waals surface area contributed by atoms with Gasteiger partial charge < -0.3 is 24.4 Å². The SMILES string of the molecule is CCOc1c(Cl)cc(CNC(=NC)N(C)Cc2csc(C(C)OC)n2)cc1OC.I. The van der Waals surface area contributed by atoms with Gasteiger partial charge in [-0.2, -0.15) is 0 Å². The number of nitrogens with one attached hydrogen (secondary N) is 1. The Morgan fingerprint density at radius 2 is 2.10 bits per heavy atom. The lowest BCUT2D eigenvalue weighted by molar-refractivity contribution is 0.119. The van der Waals surface area contributed by atoms with Crippen LogP contribution in [0, 0.1) is 0 Å². The van der Waals surface area contributed by atoms with Crippen LogP contribution in [0.15, 0.2) is 22.5 Å². The summed E-state index contributed by atoms with van der Waals surface area (Å²) in [6.07, 6.45) is -0.00381. The summed E-state index contributed by atoms with van der Waals surface area (Å²) in [6, 6.07) is 3.78. The molecule has 2 aromatic rings. The minimum absolute atomic E-state index is 0. The van der Waals surface area contributed by atoms with Crippen LogP contribution < -0.4 is 14.8 Å². The molecule has 0 saturated heterocycles. The fourth-order valence-corrected chi connectivity index (χ4v) is 3.86. The Morgan fingerprint density at radius 3 is 2.70 bits per heavy atom. The van der Waals surface area contributed by atoms with Gasteiger partial charge in [0.05, 0.1) is 31.0 Å². The first-order chi connectivity index (χ1) is 13.9. The van der Waals surface area contributed by atoms with Crippen molar-refractivity contribution in [3.63, 3.8) is 0 Å². The molecule has 168 valence electrons. The summed E-state index contributed by atoms with van der Waals surface area (Å²) >= 11 is 7.96. The Balaban J connectivity index is 0.00000450. The Hall–Kier alpha value is -1.30. The van der Waals surface area contributed by atoms with E-state index in [1.165, 1.54) is 0 Å². The first-order valence-corrected chi connectivity index (χ1v) is 10.6. The largest absolute Gasteiger partial charge is 0.493 e. The second kappa shape index (κ2) is 13.2. The molecule has 0 spiro atoms. The number of thiazole rings is 1. The summed E-state index contributed by atoms with van der Waals surface area (Å²) in [6.45, 7) is 5.60. The van der Waals surface area contributed by atoms with Crippen molar-refractivity contribution in [3.05, 3.63) is 38.8 Å². The molecule has 0 saturated carbocycles. The molecular formula is C20H30ClIN4O3S. The number of hydrogen-bond donors (Lipinski definition) is 1. The van der Waals surface area contributed by atoms with E-state index in [2.05, 4.69) is 15.3 Å². The number of ether oxygens (including phenoxy) is 3. The summed E-state index contributed by atoms with van der Waals surface area (Å²) < 4.78 is 16.3. The summed E-state index contributed by atoms with van der Waals surface area (Å²) in [4.78, 5) is 11.0. The number of aromatic nitrogens is 1. The van der Waals surface area contributed by atoms with Crippen molar-refractivity contribution in [2.24, 2.45) is 4.99 Å². The molecule has 1 heterocycles. The maximum Gasteiger partial charge on any atom is 0.194 e. The van der Waals surface area contributed by atoms with E-state index in [9.17, 15) is 0 Å². The third-order valence-electron chi connectivity index (χ3n) is 4.27. The van der Waals surface area contributed by atoms with Gasteiger partial charge in [-0.15, -0.1) is 35.3 Å². The second-order valence-electron chi connectivity index (χ2n) is 6.35. The Morgan fingerprint density at radius 1 is 1.37 bits per heavy atom. The highest BCUT2D eigenvalue weighted by Crippen LogP contribution is 2.36. The van der Waals surface area contributed by atoms with Gasteiger partial charge >= 0.3 is 0 Å². The van der Waals surface area contributed by atoms with E-state index in [0.29, 0.717) is 36.2 Å². The number of benzene rings is 1. The molecule has 0 radical (unpaired) electrons. The normalized spacial score (nSPS) is 12.2. The van der Waals surface area contributed by atoms with Crippen molar-refractivity contribution in [1.82, 2.24) is 15.2 Å². The van der Waals surface area contributed by atoms with Gasteiger partial charge in [-0.3, -0.25) is 4.99 Å². The van der Waals surface area contributed by atoms with Crippen molar-refractivity contribution in [2.75, 3.05) is 34.9 Å². The van der Waals surface area contributed by atoms with Gasteiger partial charge in [0.1, 0.15) is 11.1 Å². The third-order valence-corrected chi connectivity index (χ3v) is 5.61. The smallest absolute Gasteiger partial charge is 0.194 e. The number of nitrogens with zero attached hydrogens (tertiary/aromatic N) is 3.